The highest BCUT2D eigenvalue weighted by atomic mass is 16.6. The molecular weight excluding hydrogens is 170 g/mol. The molecule has 0 unspecified atom stereocenters. The van der Waals surface area contributed by atoms with Crippen LogP contribution in [0.5, 0.6) is 11.5 Å². The molecule has 0 aliphatic carbocycles. The van der Waals surface area contributed by atoms with E-state index in [2.05, 4.69) is 10.3 Å². The standard InChI is InChI=1S/C8H9N3O2/c9-11-10-6-1-2-7-8(5-6)13-4-3-12-7/h1-2,5H,3-4H2,(H2,9,10). The SMILES string of the molecule is NN=Nc1ccc2c(c1)OCCO2. The van der Waals surface area contributed by atoms with Crippen LogP contribution < -0.4 is 15.3 Å². The fourth-order valence-corrected chi connectivity index (χ4v) is 1.16. The molecule has 68 valence electrons. The molecule has 1 heterocycles. The molecule has 0 saturated heterocycles. The third-order valence-electron chi connectivity index (χ3n) is 1.70. The van der Waals surface area contributed by atoms with Crippen molar-refractivity contribution in [2.75, 3.05) is 13.2 Å². The van der Waals surface area contributed by atoms with Gasteiger partial charge in [0.2, 0.25) is 0 Å². The van der Waals surface area contributed by atoms with Crippen LogP contribution in [0.15, 0.2) is 28.5 Å². The molecule has 2 N–H and O–H groups in total. The monoisotopic (exact) mass is 179 g/mol. The van der Waals surface area contributed by atoms with E-state index >= 15 is 0 Å². The van der Waals surface area contributed by atoms with E-state index in [-0.39, 0.29) is 0 Å². The first-order valence-electron chi connectivity index (χ1n) is 3.91. The smallest absolute Gasteiger partial charge is 0.163 e. The first kappa shape index (κ1) is 7.85. The molecule has 0 bridgehead atoms. The quantitative estimate of drug-likeness (QED) is 0.402. The predicted molar refractivity (Wildman–Crippen MR) is 46.1 cm³/mol. The van der Waals surface area contributed by atoms with Crippen molar-refractivity contribution in [2.24, 2.45) is 16.2 Å². The number of rotatable bonds is 1. The lowest BCUT2D eigenvalue weighted by Gasteiger charge is -2.17. The first-order valence-corrected chi connectivity index (χ1v) is 3.91. The van der Waals surface area contributed by atoms with Gasteiger partial charge in [-0.3, -0.25) is 0 Å². The number of ether oxygens (including phenoxy) is 2. The Kier molecular flexibility index (Phi) is 1.99. The molecule has 0 spiro atoms. The van der Waals surface area contributed by atoms with E-state index in [0.717, 1.165) is 5.75 Å². The molecule has 0 fully saturated rings. The van der Waals surface area contributed by atoms with Gasteiger partial charge in [-0.05, 0) is 12.1 Å². The summed E-state index contributed by atoms with van der Waals surface area (Å²) in [5, 5.41) is 6.87. The van der Waals surface area contributed by atoms with Gasteiger partial charge in [-0.15, -0.1) is 5.11 Å². The van der Waals surface area contributed by atoms with Crippen LogP contribution in [0.4, 0.5) is 5.69 Å². The summed E-state index contributed by atoms with van der Waals surface area (Å²) in [5.74, 6) is 6.35. The number of benzene rings is 1. The van der Waals surface area contributed by atoms with Gasteiger partial charge in [-0.1, -0.05) is 5.22 Å². The van der Waals surface area contributed by atoms with Gasteiger partial charge in [0.05, 0.1) is 5.69 Å². The Morgan fingerprint density at radius 2 is 1.92 bits per heavy atom. The van der Waals surface area contributed by atoms with E-state index in [1.807, 2.05) is 0 Å². The highest BCUT2D eigenvalue weighted by molar-refractivity contribution is 5.51. The Bertz CT molecular complexity index is 338. The van der Waals surface area contributed by atoms with Crippen LogP contribution in [0.2, 0.25) is 0 Å². The second-order valence-electron chi connectivity index (χ2n) is 2.54. The van der Waals surface area contributed by atoms with Crippen molar-refractivity contribution in [2.45, 2.75) is 0 Å². The summed E-state index contributed by atoms with van der Waals surface area (Å²) in [6.45, 7) is 1.15. The van der Waals surface area contributed by atoms with Gasteiger partial charge in [0.25, 0.3) is 0 Å². The number of nitrogens with zero attached hydrogens (tertiary/aromatic N) is 2. The van der Waals surface area contributed by atoms with Crippen LogP contribution in [-0.2, 0) is 0 Å². The van der Waals surface area contributed by atoms with Gasteiger partial charge in [0.15, 0.2) is 11.5 Å². The molecule has 0 radical (unpaired) electrons. The maximum Gasteiger partial charge on any atom is 0.163 e. The lowest BCUT2D eigenvalue weighted by atomic mass is 10.3. The number of hydrogen-bond donors (Lipinski definition) is 1. The number of nitrogens with two attached hydrogens (primary N) is 1. The molecule has 1 aromatic rings. The Morgan fingerprint density at radius 1 is 1.15 bits per heavy atom. The molecule has 13 heavy (non-hydrogen) atoms. The van der Waals surface area contributed by atoms with Crippen LogP contribution in [0.3, 0.4) is 0 Å². The van der Waals surface area contributed by atoms with Gasteiger partial charge < -0.3 is 15.3 Å². The molecule has 0 atom stereocenters. The van der Waals surface area contributed by atoms with Crippen molar-refractivity contribution < 1.29 is 9.47 Å². The third kappa shape index (κ3) is 1.53. The molecule has 1 aliphatic rings. The number of fused-ring (bicyclic) bond motifs is 1. The summed E-state index contributed by atoms with van der Waals surface area (Å²) < 4.78 is 10.7. The zero-order valence-electron chi connectivity index (χ0n) is 6.93. The van der Waals surface area contributed by atoms with Gasteiger partial charge >= 0.3 is 0 Å². The summed E-state index contributed by atoms with van der Waals surface area (Å²) in [5.41, 5.74) is 0.659. The molecule has 1 aliphatic heterocycles. The van der Waals surface area contributed by atoms with Crippen molar-refractivity contribution in [3.63, 3.8) is 0 Å². The molecule has 1 aromatic carbocycles. The van der Waals surface area contributed by atoms with E-state index in [1.54, 1.807) is 18.2 Å². The lowest BCUT2D eigenvalue weighted by Crippen LogP contribution is -2.14. The molecular formula is C8H9N3O2. The normalized spacial score (nSPS) is 14.8. The Labute approximate surface area is 75.1 Å². The lowest BCUT2D eigenvalue weighted by molar-refractivity contribution is 0.171. The van der Waals surface area contributed by atoms with Crippen LogP contribution in [0.1, 0.15) is 0 Å². The maximum absolute atomic E-state index is 5.34. The fraction of sp³-hybridized carbons (Fsp3) is 0.250. The molecule has 2 rings (SSSR count). The highest BCUT2D eigenvalue weighted by Gasteiger charge is 2.11. The van der Waals surface area contributed by atoms with E-state index < -0.39 is 0 Å². The first-order chi connectivity index (χ1) is 6.40. The largest absolute Gasteiger partial charge is 0.486 e. The van der Waals surface area contributed by atoms with Gasteiger partial charge in [-0.25, -0.2) is 0 Å². The van der Waals surface area contributed by atoms with Crippen molar-refractivity contribution in [1.29, 1.82) is 0 Å². The summed E-state index contributed by atoms with van der Waals surface area (Å²) in [6.07, 6.45) is 0. The minimum atomic E-state index is 0.566. The minimum absolute atomic E-state index is 0.566. The van der Waals surface area contributed by atoms with Gasteiger partial charge in [-0.2, -0.15) is 0 Å². The maximum atomic E-state index is 5.34. The highest BCUT2D eigenvalue weighted by Crippen LogP contribution is 2.33. The number of hydrogen-bond acceptors (Lipinski definition) is 4. The molecule has 5 nitrogen and oxygen atoms in total. The zero-order chi connectivity index (χ0) is 9.10. The van der Waals surface area contributed by atoms with E-state index in [0.29, 0.717) is 24.7 Å². The average molecular weight is 179 g/mol. The van der Waals surface area contributed by atoms with Crippen molar-refractivity contribution in [3.8, 4) is 11.5 Å². The predicted octanol–water partition coefficient (Wildman–Crippen LogP) is 1.42. The van der Waals surface area contributed by atoms with Crippen LogP contribution in [-0.4, -0.2) is 13.2 Å². The van der Waals surface area contributed by atoms with E-state index in [9.17, 15) is 0 Å². The summed E-state index contributed by atoms with van der Waals surface area (Å²) in [4.78, 5) is 0. The molecule has 0 saturated carbocycles. The average Bonchev–Trinajstić information content (AvgIpc) is 2.18. The summed E-state index contributed by atoms with van der Waals surface area (Å²) in [7, 11) is 0. The molecule has 5 heteroatoms. The van der Waals surface area contributed by atoms with Crippen molar-refractivity contribution in [1.82, 2.24) is 0 Å². The Hall–Kier alpha value is -1.78. The summed E-state index contributed by atoms with van der Waals surface area (Å²) >= 11 is 0. The summed E-state index contributed by atoms with van der Waals surface area (Å²) in [6, 6.07) is 5.30. The topological polar surface area (TPSA) is 69.2 Å². The zero-order valence-corrected chi connectivity index (χ0v) is 6.93. The van der Waals surface area contributed by atoms with Crippen LogP contribution >= 0.6 is 0 Å². The van der Waals surface area contributed by atoms with E-state index in [4.69, 9.17) is 15.3 Å². The van der Waals surface area contributed by atoms with E-state index in [1.165, 1.54) is 0 Å². The second kappa shape index (κ2) is 3.30. The minimum Gasteiger partial charge on any atom is -0.486 e. The van der Waals surface area contributed by atoms with Crippen LogP contribution in [0, 0.1) is 0 Å². The molecule has 0 aromatic heterocycles. The molecule has 0 amide bonds. The fourth-order valence-electron chi connectivity index (χ4n) is 1.16. The Balaban J connectivity index is 2.35. The van der Waals surface area contributed by atoms with Gasteiger partial charge in [0.1, 0.15) is 13.2 Å². The Morgan fingerprint density at radius 3 is 2.69 bits per heavy atom. The van der Waals surface area contributed by atoms with Gasteiger partial charge in [0, 0.05) is 6.07 Å². The van der Waals surface area contributed by atoms with Crippen molar-refractivity contribution >= 4 is 5.69 Å². The van der Waals surface area contributed by atoms with Crippen molar-refractivity contribution in [3.05, 3.63) is 18.2 Å². The third-order valence-corrected chi connectivity index (χ3v) is 1.70. The second-order valence-corrected chi connectivity index (χ2v) is 2.54. The van der Waals surface area contributed by atoms with Crippen LogP contribution in [0.25, 0.3) is 0 Å².